The summed E-state index contributed by atoms with van der Waals surface area (Å²) in [6.45, 7) is 0.187. The molecule has 0 bridgehead atoms. The van der Waals surface area contributed by atoms with E-state index in [1.54, 1.807) is 0 Å². The molecule has 6 nitrogen and oxygen atoms in total. The maximum absolute atomic E-state index is 11.1. The van der Waals surface area contributed by atoms with Crippen LogP contribution >= 0.6 is 0 Å². The molecule has 106 valence electrons. The van der Waals surface area contributed by atoms with Crippen molar-refractivity contribution in [2.45, 2.75) is 24.9 Å². The summed E-state index contributed by atoms with van der Waals surface area (Å²) in [5.74, 6) is -2.20. The van der Waals surface area contributed by atoms with Gasteiger partial charge in [-0.3, -0.25) is 0 Å². The summed E-state index contributed by atoms with van der Waals surface area (Å²) in [5, 5.41) is 18.9. The number of aliphatic hydroxyl groups excluding tert-OH is 2. The smallest absolute Gasteiger partial charge is 0.377 e. The molecule has 0 amide bonds. The molecular formula is C14H14O6. The maximum Gasteiger partial charge on any atom is 0.377 e. The largest absolute Gasteiger partial charge is 0.505 e. The van der Waals surface area contributed by atoms with E-state index in [-0.39, 0.29) is 6.61 Å². The first-order valence-corrected chi connectivity index (χ1v) is 6.29. The minimum absolute atomic E-state index is 0.187. The van der Waals surface area contributed by atoms with Crippen LogP contribution in [-0.2, 0) is 25.4 Å². The Kier molecular flexibility index (Phi) is 3.33. The predicted molar refractivity (Wildman–Crippen MR) is 66.9 cm³/mol. The molecule has 1 fully saturated rings. The van der Waals surface area contributed by atoms with E-state index < -0.39 is 36.0 Å². The molecule has 0 saturated carbocycles. The van der Waals surface area contributed by atoms with Crippen LogP contribution in [0.15, 0.2) is 41.9 Å². The molecule has 3 rings (SSSR count). The fourth-order valence-corrected chi connectivity index (χ4v) is 2.27. The van der Waals surface area contributed by atoms with Crippen molar-refractivity contribution >= 4 is 5.97 Å². The van der Waals surface area contributed by atoms with Crippen molar-refractivity contribution in [1.82, 2.24) is 0 Å². The monoisotopic (exact) mass is 278 g/mol. The standard InChI is InChI=1S/C14H14O6/c15-11-12(16)14(17)20-13(11)9-7-18-10(19-9)6-8-4-2-1-3-5-8/h1-5,9-10,13,15-16H,6-7H2/t9-,10?,13+/m0/s1. The lowest BCUT2D eigenvalue weighted by Crippen LogP contribution is -2.31. The summed E-state index contributed by atoms with van der Waals surface area (Å²) in [6, 6.07) is 9.68. The van der Waals surface area contributed by atoms with E-state index in [0.29, 0.717) is 6.42 Å². The van der Waals surface area contributed by atoms with Gasteiger partial charge in [0.15, 0.2) is 18.2 Å². The van der Waals surface area contributed by atoms with Gasteiger partial charge in [0, 0.05) is 6.42 Å². The predicted octanol–water partition coefficient (Wildman–Crippen LogP) is 1.22. The number of rotatable bonds is 3. The normalized spacial score (nSPS) is 29.8. The Labute approximate surface area is 115 Å². The quantitative estimate of drug-likeness (QED) is 0.809. The van der Waals surface area contributed by atoms with E-state index in [1.807, 2.05) is 30.3 Å². The van der Waals surface area contributed by atoms with Crippen molar-refractivity contribution in [3.05, 3.63) is 47.4 Å². The molecule has 3 atom stereocenters. The van der Waals surface area contributed by atoms with Gasteiger partial charge in [0.1, 0.15) is 6.10 Å². The Morgan fingerprint density at radius 3 is 2.60 bits per heavy atom. The summed E-state index contributed by atoms with van der Waals surface area (Å²) in [7, 11) is 0. The molecule has 2 aliphatic heterocycles. The number of hydrogen-bond acceptors (Lipinski definition) is 6. The van der Waals surface area contributed by atoms with Crippen LogP contribution in [0.3, 0.4) is 0 Å². The second kappa shape index (κ2) is 5.15. The summed E-state index contributed by atoms with van der Waals surface area (Å²) >= 11 is 0. The zero-order chi connectivity index (χ0) is 14.1. The van der Waals surface area contributed by atoms with Crippen LogP contribution in [0.2, 0.25) is 0 Å². The van der Waals surface area contributed by atoms with Crippen LogP contribution in [0.1, 0.15) is 5.56 Å². The SMILES string of the molecule is O=C1O[C@H]([C@@H]2COC(Cc3ccccc3)O2)C(O)=C1O. The first kappa shape index (κ1) is 13.0. The molecule has 1 aromatic carbocycles. The van der Waals surface area contributed by atoms with Gasteiger partial charge in [-0.2, -0.15) is 0 Å². The third-order valence-corrected chi connectivity index (χ3v) is 3.30. The molecular weight excluding hydrogens is 264 g/mol. The van der Waals surface area contributed by atoms with Crippen LogP contribution in [0, 0.1) is 0 Å². The second-order valence-electron chi connectivity index (χ2n) is 4.69. The Balaban J connectivity index is 1.62. The number of esters is 1. The number of carbonyl (C=O) groups excluding carboxylic acids is 1. The Morgan fingerprint density at radius 2 is 1.95 bits per heavy atom. The van der Waals surface area contributed by atoms with Crippen LogP contribution in [0.5, 0.6) is 0 Å². The average molecular weight is 278 g/mol. The van der Waals surface area contributed by atoms with Gasteiger partial charge in [0.05, 0.1) is 6.61 Å². The van der Waals surface area contributed by atoms with Gasteiger partial charge in [-0.15, -0.1) is 0 Å². The van der Waals surface area contributed by atoms with Crippen molar-refractivity contribution in [2.75, 3.05) is 6.61 Å². The summed E-state index contributed by atoms with van der Waals surface area (Å²) in [6.07, 6.45) is -1.51. The lowest BCUT2D eigenvalue weighted by molar-refractivity contribution is -0.148. The molecule has 6 heteroatoms. The van der Waals surface area contributed by atoms with Gasteiger partial charge in [0.2, 0.25) is 5.76 Å². The number of ether oxygens (including phenoxy) is 3. The highest BCUT2D eigenvalue weighted by Crippen LogP contribution is 2.28. The minimum Gasteiger partial charge on any atom is -0.505 e. The zero-order valence-corrected chi connectivity index (χ0v) is 10.6. The topological polar surface area (TPSA) is 85.2 Å². The van der Waals surface area contributed by atoms with Gasteiger partial charge in [-0.25, -0.2) is 4.79 Å². The lowest BCUT2D eigenvalue weighted by atomic mass is 10.1. The van der Waals surface area contributed by atoms with Crippen molar-refractivity contribution in [2.24, 2.45) is 0 Å². The molecule has 20 heavy (non-hydrogen) atoms. The summed E-state index contributed by atoms with van der Waals surface area (Å²) in [4.78, 5) is 11.1. The van der Waals surface area contributed by atoms with Gasteiger partial charge in [0.25, 0.3) is 0 Å². The molecule has 1 unspecified atom stereocenters. The summed E-state index contributed by atoms with van der Waals surface area (Å²) in [5.41, 5.74) is 1.06. The van der Waals surface area contributed by atoms with E-state index in [9.17, 15) is 15.0 Å². The highest BCUT2D eigenvalue weighted by molar-refractivity contribution is 5.89. The number of carbonyl (C=O) groups is 1. The van der Waals surface area contributed by atoms with E-state index >= 15 is 0 Å². The second-order valence-corrected chi connectivity index (χ2v) is 4.69. The number of benzene rings is 1. The first-order valence-electron chi connectivity index (χ1n) is 6.29. The first-order chi connectivity index (χ1) is 9.65. The number of cyclic esters (lactones) is 1. The molecule has 1 aromatic rings. The molecule has 0 radical (unpaired) electrons. The average Bonchev–Trinajstić information content (AvgIpc) is 3.01. The lowest BCUT2D eigenvalue weighted by Gasteiger charge is -2.16. The Bertz CT molecular complexity index is 538. The third kappa shape index (κ3) is 2.35. The van der Waals surface area contributed by atoms with E-state index in [1.165, 1.54) is 0 Å². The van der Waals surface area contributed by atoms with Crippen molar-refractivity contribution in [3.63, 3.8) is 0 Å². The van der Waals surface area contributed by atoms with Crippen molar-refractivity contribution < 1.29 is 29.2 Å². The van der Waals surface area contributed by atoms with Gasteiger partial charge >= 0.3 is 5.97 Å². The fourth-order valence-electron chi connectivity index (χ4n) is 2.27. The van der Waals surface area contributed by atoms with Gasteiger partial charge in [-0.1, -0.05) is 30.3 Å². The molecule has 2 N–H and O–H groups in total. The molecule has 2 heterocycles. The van der Waals surface area contributed by atoms with Crippen molar-refractivity contribution in [3.8, 4) is 0 Å². The number of aliphatic hydroxyl groups is 2. The Morgan fingerprint density at radius 1 is 1.20 bits per heavy atom. The van der Waals surface area contributed by atoms with Gasteiger partial charge < -0.3 is 24.4 Å². The maximum atomic E-state index is 11.1. The zero-order valence-electron chi connectivity index (χ0n) is 10.6. The van der Waals surface area contributed by atoms with Crippen LogP contribution in [0.25, 0.3) is 0 Å². The van der Waals surface area contributed by atoms with Crippen LogP contribution in [0.4, 0.5) is 0 Å². The molecule has 1 saturated heterocycles. The molecule has 0 aromatic heterocycles. The van der Waals surface area contributed by atoms with Gasteiger partial charge in [-0.05, 0) is 5.56 Å². The molecule has 0 spiro atoms. The third-order valence-electron chi connectivity index (χ3n) is 3.30. The highest BCUT2D eigenvalue weighted by atomic mass is 16.7. The van der Waals surface area contributed by atoms with E-state index in [2.05, 4.69) is 0 Å². The minimum atomic E-state index is -0.997. The fraction of sp³-hybridized carbons (Fsp3) is 0.357. The highest BCUT2D eigenvalue weighted by Gasteiger charge is 2.44. The number of hydrogen-bond donors (Lipinski definition) is 2. The molecule has 0 aliphatic carbocycles. The van der Waals surface area contributed by atoms with E-state index in [0.717, 1.165) is 5.56 Å². The van der Waals surface area contributed by atoms with Crippen LogP contribution < -0.4 is 0 Å². The Hall–Kier alpha value is -2.05. The summed E-state index contributed by atoms with van der Waals surface area (Å²) < 4.78 is 15.9. The van der Waals surface area contributed by atoms with Crippen molar-refractivity contribution in [1.29, 1.82) is 0 Å². The molecule has 2 aliphatic rings. The van der Waals surface area contributed by atoms with Crippen LogP contribution in [-0.4, -0.2) is 41.3 Å². The van der Waals surface area contributed by atoms with E-state index in [4.69, 9.17) is 14.2 Å².